The molecule has 4 nitrogen and oxygen atoms in total. The number of carbonyl (C=O) groups excluding carboxylic acids is 1. The van der Waals surface area contributed by atoms with E-state index in [2.05, 4.69) is 10.3 Å². The molecule has 0 bridgehead atoms. The van der Waals surface area contributed by atoms with Gasteiger partial charge in [-0.25, -0.2) is 4.98 Å². The van der Waals surface area contributed by atoms with E-state index in [1.165, 1.54) is 11.8 Å². The summed E-state index contributed by atoms with van der Waals surface area (Å²) in [5.41, 5.74) is 2.93. The van der Waals surface area contributed by atoms with Crippen LogP contribution in [0.15, 0.2) is 66.0 Å². The maximum Gasteiger partial charge on any atom is 0.230 e. The third kappa shape index (κ3) is 4.24. The Hall–Kier alpha value is -2.24. The lowest BCUT2D eigenvalue weighted by Crippen LogP contribution is -2.24. The van der Waals surface area contributed by atoms with Crippen molar-refractivity contribution in [2.45, 2.75) is 12.1 Å². The fourth-order valence-corrected chi connectivity index (χ4v) is 3.50. The first-order valence-corrected chi connectivity index (χ1v) is 9.34. The van der Waals surface area contributed by atoms with Crippen molar-refractivity contribution in [3.8, 4) is 16.9 Å². The normalized spacial score (nSPS) is 10.6. The van der Waals surface area contributed by atoms with Crippen molar-refractivity contribution in [3.05, 3.63) is 65.8 Å². The molecule has 0 atom stereocenters. The van der Waals surface area contributed by atoms with Crippen LogP contribution >= 0.6 is 23.4 Å². The zero-order valence-electron chi connectivity index (χ0n) is 13.8. The second kappa shape index (κ2) is 8.23. The molecule has 0 radical (unpaired) electrons. The number of halogens is 1. The molecule has 25 heavy (non-hydrogen) atoms. The number of nitrogens with zero attached hydrogens (tertiary/aromatic N) is 2. The molecule has 0 aliphatic rings. The van der Waals surface area contributed by atoms with Crippen LogP contribution < -0.4 is 5.32 Å². The van der Waals surface area contributed by atoms with E-state index >= 15 is 0 Å². The van der Waals surface area contributed by atoms with E-state index in [0.717, 1.165) is 22.1 Å². The lowest BCUT2D eigenvalue weighted by molar-refractivity contribution is -0.118. The van der Waals surface area contributed by atoms with Crippen LogP contribution in [0.25, 0.3) is 16.9 Å². The first kappa shape index (κ1) is 17.6. The van der Waals surface area contributed by atoms with Crippen LogP contribution in [0.2, 0.25) is 5.02 Å². The van der Waals surface area contributed by atoms with E-state index in [9.17, 15) is 4.79 Å². The van der Waals surface area contributed by atoms with E-state index in [1.807, 2.05) is 72.3 Å². The first-order valence-electron chi connectivity index (χ1n) is 7.97. The van der Waals surface area contributed by atoms with Gasteiger partial charge in [0.05, 0.1) is 17.6 Å². The van der Waals surface area contributed by atoms with Crippen LogP contribution in [0.1, 0.15) is 6.92 Å². The minimum absolute atomic E-state index is 0.00518. The van der Waals surface area contributed by atoms with E-state index in [-0.39, 0.29) is 5.91 Å². The Kier molecular flexibility index (Phi) is 5.79. The van der Waals surface area contributed by atoms with Gasteiger partial charge in [-0.2, -0.15) is 0 Å². The summed E-state index contributed by atoms with van der Waals surface area (Å²) >= 11 is 7.58. The quantitative estimate of drug-likeness (QED) is 0.652. The van der Waals surface area contributed by atoms with Crippen molar-refractivity contribution in [2.75, 3.05) is 12.3 Å². The van der Waals surface area contributed by atoms with Gasteiger partial charge in [0.25, 0.3) is 0 Å². The van der Waals surface area contributed by atoms with Crippen molar-refractivity contribution in [3.63, 3.8) is 0 Å². The average Bonchev–Trinajstić information content (AvgIpc) is 3.05. The predicted octanol–water partition coefficient (Wildman–Crippen LogP) is 4.42. The first-order chi connectivity index (χ1) is 12.2. The zero-order valence-corrected chi connectivity index (χ0v) is 15.3. The fraction of sp³-hybridized carbons (Fsp3) is 0.158. The molecule has 1 amide bonds. The Morgan fingerprint density at radius 3 is 2.72 bits per heavy atom. The summed E-state index contributed by atoms with van der Waals surface area (Å²) in [6.45, 7) is 2.53. The molecule has 0 fully saturated rings. The molecule has 128 valence electrons. The summed E-state index contributed by atoms with van der Waals surface area (Å²) in [7, 11) is 0. The van der Waals surface area contributed by atoms with Gasteiger partial charge in [0.2, 0.25) is 5.91 Å². The summed E-state index contributed by atoms with van der Waals surface area (Å²) in [4.78, 5) is 16.3. The van der Waals surface area contributed by atoms with Crippen molar-refractivity contribution >= 4 is 29.3 Å². The maximum atomic E-state index is 11.8. The fourth-order valence-electron chi connectivity index (χ4n) is 2.49. The maximum absolute atomic E-state index is 11.8. The number of hydrogen-bond acceptors (Lipinski definition) is 3. The number of benzene rings is 2. The van der Waals surface area contributed by atoms with Gasteiger partial charge >= 0.3 is 0 Å². The third-order valence-corrected chi connectivity index (χ3v) is 4.76. The molecule has 0 saturated heterocycles. The zero-order chi connectivity index (χ0) is 17.6. The van der Waals surface area contributed by atoms with Gasteiger partial charge in [0.15, 0.2) is 5.16 Å². The highest BCUT2D eigenvalue weighted by atomic mass is 35.5. The molecule has 3 rings (SSSR count). The van der Waals surface area contributed by atoms with Gasteiger partial charge in [-0.15, -0.1) is 0 Å². The lowest BCUT2D eigenvalue weighted by Gasteiger charge is -2.12. The molecule has 1 aromatic heterocycles. The molecule has 1 heterocycles. The number of aromatic nitrogens is 2. The molecule has 0 aliphatic carbocycles. The molecule has 0 unspecified atom stereocenters. The third-order valence-electron chi connectivity index (χ3n) is 3.57. The van der Waals surface area contributed by atoms with Gasteiger partial charge < -0.3 is 5.32 Å². The van der Waals surface area contributed by atoms with Crippen LogP contribution in [0.3, 0.4) is 0 Å². The van der Waals surface area contributed by atoms with Gasteiger partial charge in [0.1, 0.15) is 0 Å². The second-order valence-electron chi connectivity index (χ2n) is 5.35. The Balaban J connectivity index is 2.01. The van der Waals surface area contributed by atoms with Gasteiger partial charge in [-0.1, -0.05) is 59.8 Å². The minimum Gasteiger partial charge on any atom is -0.356 e. The highest BCUT2D eigenvalue weighted by Crippen LogP contribution is 2.30. The van der Waals surface area contributed by atoms with E-state index in [0.29, 0.717) is 17.3 Å². The summed E-state index contributed by atoms with van der Waals surface area (Å²) in [5, 5.41) is 4.22. The van der Waals surface area contributed by atoms with Gasteiger partial charge in [0, 0.05) is 22.8 Å². The number of nitrogens with one attached hydrogen (secondary N) is 1. The monoisotopic (exact) mass is 371 g/mol. The van der Waals surface area contributed by atoms with Crippen molar-refractivity contribution in [2.24, 2.45) is 0 Å². The molecule has 6 heteroatoms. The Morgan fingerprint density at radius 2 is 2.00 bits per heavy atom. The SMILES string of the molecule is CCNC(=O)CSc1ncc(-c2ccccc2)n1-c1cccc(Cl)c1. The lowest BCUT2D eigenvalue weighted by atomic mass is 10.1. The Bertz CT molecular complexity index is 864. The highest BCUT2D eigenvalue weighted by Gasteiger charge is 2.15. The van der Waals surface area contributed by atoms with Crippen LogP contribution in [0.5, 0.6) is 0 Å². The number of amides is 1. The predicted molar refractivity (Wildman–Crippen MR) is 103 cm³/mol. The number of rotatable bonds is 6. The standard InChI is InChI=1S/C19H18ClN3OS/c1-2-21-18(24)13-25-19-22-12-17(14-7-4-3-5-8-14)23(19)16-10-6-9-15(20)11-16/h3-12H,2,13H2,1H3,(H,21,24). The highest BCUT2D eigenvalue weighted by molar-refractivity contribution is 7.99. The molecule has 0 spiro atoms. The van der Waals surface area contributed by atoms with Crippen LogP contribution in [-0.2, 0) is 4.79 Å². The number of thioether (sulfide) groups is 1. The van der Waals surface area contributed by atoms with E-state index in [1.54, 1.807) is 0 Å². The van der Waals surface area contributed by atoms with E-state index in [4.69, 9.17) is 11.6 Å². The molecule has 2 aromatic carbocycles. The number of hydrogen-bond donors (Lipinski definition) is 1. The Morgan fingerprint density at radius 1 is 1.20 bits per heavy atom. The van der Waals surface area contributed by atoms with Gasteiger partial charge in [-0.05, 0) is 25.1 Å². The number of carbonyl (C=O) groups is 1. The van der Waals surface area contributed by atoms with E-state index < -0.39 is 0 Å². The summed E-state index contributed by atoms with van der Waals surface area (Å²) < 4.78 is 2.03. The Labute approximate surface area is 156 Å². The van der Waals surface area contributed by atoms with Crippen LogP contribution in [0, 0.1) is 0 Å². The second-order valence-corrected chi connectivity index (χ2v) is 6.73. The molecular formula is C19H18ClN3OS. The van der Waals surface area contributed by atoms with Crippen molar-refractivity contribution in [1.82, 2.24) is 14.9 Å². The van der Waals surface area contributed by atoms with Crippen molar-refractivity contribution < 1.29 is 4.79 Å². The number of imidazole rings is 1. The summed E-state index contributed by atoms with van der Waals surface area (Å²) in [6, 6.07) is 17.7. The average molecular weight is 372 g/mol. The molecule has 0 aliphatic heterocycles. The smallest absolute Gasteiger partial charge is 0.230 e. The topological polar surface area (TPSA) is 46.9 Å². The molecule has 0 saturated carbocycles. The van der Waals surface area contributed by atoms with Crippen LogP contribution in [0.4, 0.5) is 0 Å². The largest absolute Gasteiger partial charge is 0.356 e. The summed E-state index contributed by atoms with van der Waals surface area (Å²) in [6.07, 6.45) is 1.83. The molecular weight excluding hydrogens is 354 g/mol. The van der Waals surface area contributed by atoms with Gasteiger partial charge in [-0.3, -0.25) is 9.36 Å². The summed E-state index contributed by atoms with van der Waals surface area (Å²) in [5.74, 6) is 0.314. The minimum atomic E-state index is -0.00518. The molecule has 1 N–H and O–H groups in total. The van der Waals surface area contributed by atoms with Crippen molar-refractivity contribution in [1.29, 1.82) is 0 Å². The van der Waals surface area contributed by atoms with Crippen LogP contribution in [-0.4, -0.2) is 27.8 Å². The molecule has 3 aromatic rings.